The van der Waals surface area contributed by atoms with E-state index in [-0.39, 0.29) is 24.0 Å². The number of likely N-dealkylation sites (N-methyl/N-ethyl adjacent to an activating group) is 1. The van der Waals surface area contributed by atoms with Gasteiger partial charge in [0.1, 0.15) is 0 Å². The molecule has 0 heterocycles. The molecule has 0 amide bonds. The molecule has 0 atom stereocenters. The van der Waals surface area contributed by atoms with Gasteiger partial charge in [-0.1, -0.05) is 6.92 Å². The minimum absolute atomic E-state index is 0. The molecule has 1 rings (SSSR count). The van der Waals surface area contributed by atoms with Crippen molar-refractivity contribution in [3.05, 3.63) is 0 Å². The first kappa shape index (κ1) is 17.0. The van der Waals surface area contributed by atoms with E-state index in [1.165, 1.54) is 12.8 Å². The summed E-state index contributed by atoms with van der Waals surface area (Å²) in [7, 11) is 2.13. The second-order valence-electron chi connectivity index (χ2n) is 4.49. The van der Waals surface area contributed by atoms with Crippen LogP contribution < -0.4 is 10.6 Å². The molecule has 4 nitrogen and oxygen atoms in total. The maximum absolute atomic E-state index is 4.57. The van der Waals surface area contributed by atoms with Crippen molar-refractivity contribution in [3.8, 4) is 0 Å². The smallest absolute Gasteiger partial charge is 0.191 e. The number of rotatable bonds is 7. The van der Waals surface area contributed by atoms with Crippen molar-refractivity contribution < 1.29 is 0 Å². The number of hydrogen-bond acceptors (Lipinski definition) is 2. The molecule has 17 heavy (non-hydrogen) atoms. The van der Waals surface area contributed by atoms with Gasteiger partial charge in [0, 0.05) is 26.2 Å². The first-order chi connectivity index (χ1) is 7.76. The molecule has 5 heteroatoms. The zero-order valence-corrected chi connectivity index (χ0v) is 13.7. The summed E-state index contributed by atoms with van der Waals surface area (Å²) in [4.78, 5) is 6.86. The Morgan fingerprint density at radius 1 is 1.29 bits per heavy atom. The SMILES string of the molecule is CCNC(=NCC1CC1)NCCN(C)CC.I. The van der Waals surface area contributed by atoms with Crippen LogP contribution in [0.1, 0.15) is 26.7 Å². The van der Waals surface area contributed by atoms with Crippen LogP contribution in [0.3, 0.4) is 0 Å². The third kappa shape index (κ3) is 8.65. The van der Waals surface area contributed by atoms with Crippen molar-refractivity contribution in [1.82, 2.24) is 15.5 Å². The van der Waals surface area contributed by atoms with Crippen molar-refractivity contribution in [2.24, 2.45) is 10.9 Å². The fourth-order valence-corrected chi connectivity index (χ4v) is 1.39. The van der Waals surface area contributed by atoms with Gasteiger partial charge in [0.15, 0.2) is 5.96 Å². The highest BCUT2D eigenvalue weighted by Crippen LogP contribution is 2.28. The molecule has 1 fully saturated rings. The lowest BCUT2D eigenvalue weighted by Gasteiger charge is -2.16. The predicted octanol–water partition coefficient (Wildman–Crippen LogP) is 1.52. The van der Waals surface area contributed by atoms with E-state index < -0.39 is 0 Å². The lowest BCUT2D eigenvalue weighted by molar-refractivity contribution is 0.357. The highest BCUT2D eigenvalue weighted by molar-refractivity contribution is 14.0. The van der Waals surface area contributed by atoms with E-state index in [1.807, 2.05) is 0 Å². The lowest BCUT2D eigenvalue weighted by atomic mass is 10.4. The molecular formula is C12H27IN4. The predicted molar refractivity (Wildman–Crippen MR) is 85.3 cm³/mol. The van der Waals surface area contributed by atoms with Crippen molar-refractivity contribution >= 4 is 29.9 Å². The van der Waals surface area contributed by atoms with Crippen LogP contribution in [0.4, 0.5) is 0 Å². The van der Waals surface area contributed by atoms with Crippen LogP contribution in [-0.2, 0) is 0 Å². The lowest BCUT2D eigenvalue weighted by Crippen LogP contribution is -2.41. The average Bonchev–Trinajstić information content (AvgIpc) is 3.09. The van der Waals surface area contributed by atoms with Crippen LogP contribution in [0.2, 0.25) is 0 Å². The number of nitrogens with zero attached hydrogens (tertiary/aromatic N) is 2. The van der Waals surface area contributed by atoms with E-state index in [4.69, 9.17) is 0 Å². The maximum atomic E-state index is 4.57. The fourth-order valence-electron chi connectivity index (χ4n) is 1.39. The first-order valence-corrected chi connectivity index (χ1v) is 6.47. The van der Waals surface area contributed by atoms with Gasteiger partial charge in [0.05, 0.1) is 0 Å². The van der Waals surface area contributed by atoms with Gasteiger partial charge in [0.2, 0.25) is 0 Å². The molecule has 0 saturated heterocycles. The van der Waals surface area contributed by atoms with E-state index in [0.29, 0.717) is 0 Å². The molecule has 2 N–H and O–H groups in total. The molecule has 0 aromatic carbocycles. The zero-order chi connectivity index (χ0) is 11.8. The summed E-state index contributed by atoms with van der Waals surface area (Å²) in [6.45, 7) is 9.31. The molecule has 0 bridgehead atoms. The molecule has 0 radical (unpaired) electrons. The Morgan fingerprint density at radius 3 is 2.53 bits per heavy atom. The molecule has 0 unspecified atom stereocenters. The maximum Gasteiger partial charge on any atom is 0.191 e. The topological polar surface area (TPSA) is 39.7 Å². The minimum atomic E-state index is 0. The number of guanidine groups is 1. The van der Waals surface area contributed by atoms with Crippen LogP contribution in [0.25, 0.3) is 0 Å². The quantitative estimate of drug-likeness (QED) is 0.414. The molecule has 1 aliphatic carbocycles. The van der Waals surface area contributed by atoms with E-state index in [9.17, 15) is 0 Å². The van der Waals surface area contributed by atoms with Crippen molar-refractivity contribution in [3.63, 3.8) is 0 Å². The standard InChI is InChI=1S/C12H26N4.HI/c1-4-13-12(15-10-11-6-7-11)14-8-9-16(3)5-2;/h11H,4-10H2,1-3H3,(H2,13,14,15);1H. The number of aliphatic imine (C=N–C) groups is 1. The number of hydrogen-bond donors (Lipinski definition) is 2. The third-order valence-corrected chi connectivity index (χ3v) is 2.87. The summed E-state index contributed by atoms with van der Waals surface area (Å²) in [5.74, 6) is 1.83. The Balaban J connectivity index is 0.00000256. The highest BCUT2D eigenvalue weighted by atomic mass is 127. The molecular weight excluding hydrogens is 327 g/mol. The average molecular weight is 354 g/mol. The van der Waals surface area contributed by atoms with Gasteiger partial charge in [0.25, 0.3) is 0 Å². The number of nitrogens with one attached hydrogen (secondary N) is 2. The molecule has 0 aromatic heterocycles. The van der Waals surface area contributed by atoms with Crippen LogP contribution in [0.5, 0.6) is 0 Å². The third-order valence-electron chi connectivity index (χ3n) is 2.87. The van der Waals surface area contributed by atoms with Crippen LogP contribution in [-0.4, -0.2) is 50.6 Å². The Kier molecular flexibility index (Phi) is 9.91. The summed E-state index contributed by atoms with van der Waals surface area (Å²) in [6, 6.07) is 0. The second-order valence-corrected chi connectivity index (χ2v) is 4.49. The summed E-state index contributed by atoms with van der Waals surface area (Å²) >= 11 is 0. The van der Waals surface area contributed by atoms with Gasteiger partial charge in [-0.2, -0.15) is 0 Å². The first-order valence-electron chi connectivity index (χ1n) is 6.47. The molecule has 0 aliphatic heterocycles. The zero-order valence-electron chi connectivity index (χ0n) is 11.3. The molecule has 102 valence electrons. The van der Waals surface area contributed by atoms with Gasteiger partial charge in [-0.05, 0) is 39.3 Å². The summed E-state index contributed by atoms with van der Waals surface area (Å²) < 4.78 is 0. The Morgan fingerprint density at radius 2 is 2.00 bits per heavy atom. The van der Waals surface area contributed by atoms with E-state index >= 15 is 0 Å². The van der Waals surface area contributed by atoms with E-state index in [2.05, 4.69) is 41.4 Å². The number of halogens is 1. The van der Waals surface area contributed by atoms with Crippen LogP contribution in [0.15, 0.2) is 4.99 Å². The van der Waals surface area contributed by atoms with Crippen molar-refractivity contribution in [1.29, 1.82) is 0 Å². The molecule has 0 spiro atoms. The summed E-state index contributed by atoms with van der Waals surface area (Å²) in [5, 5.41) is 6.64. The van der Waals surface area contributed by atoms with Gasteiger partial charge in [-0.15, -0.1) is 24.0 Å². The van der Waals surface area contributed by atoms with E-state index in [0.717, 1.165) is 44.6 Å². The monoisotopic (exact) mass is 354 g/mol. The van der Waals surface area contributed by atoms with Crippen LogP contribution in [0, 0.1) is 5.92 Å². The minimum Gasteiger partial charge on any atom is -0.357 e. The van der Waals surface area contributed by atoms with Gasteiger partial charge in [-0.25, -0.2) is 0 Å². The Hall–Kier alpha value is -0.0400. The Bertz CT molecular complexity index is 217. The largest absolute Gasteiger partial charge is 0.357 e. The normalized spacial score (nSPS) is 15.6. The second kappa shape index (κ2) is 9.94. The van der Waals surface area contributed by atoms with Crippen molar-refractivity contribution in [2.75, 3.05) is 39.8 Å². The summed E-state index contributed by atoms with van der Waals surface area (Å²) in [6.07, 6.45) is 2.73. The summed E-state index contributed by atoms with van der Waals surface area (Å²) in [5.41, 5.74) is 0. The molecule has 0 aromatic rings. The van der Waals surface area contributed by atoms with Gasteiger partial charge < -0.3 is 15.5 Å². The highest BCUT2D eigenvalue weighted by Gasteiger charge is 2.20. The molecule has 1 aliphatic rings. The van der Waals surface area contributed by atoms with E-state index in [1.54, 1.807) is 0 Å². The fraction of sp³-hybridized carbons (Fsp3) is 0.917. The van der Waals surface area contributed by atoms with Crippen LogP contribution >= 0.6 is 24.0 Å². The molecule has 1 saturated carbocycles. The van der Waals surface area contributed by atoms with Gasteiger partial charge >= 0.3 is 0 Å². The van der Waals surface area contributed by atoms with Crippen molar-refractivity contribution in [2.45, 2.75) is 26.7 Å². The van der Waals surface area contributed by atoms with Gasteiger partial charge in [-0.3, -0.25) is 4.99 Å². The Labute approximate surface area is 123 Å².